The van der Waals surface area contributed by atoms with Crippen LogP contribution >= 0.6 is 11.6 Å². The largest absolute Gasteiger partial charge is 0.496 e. The monoisotopic (exact) mass is 312 g/mol. The summed E-state index contributed by atoms with van der Waals surface area (Å²) in [5.41, 5.74) is 0.848. The lowest BCUT2D eigenvalue weighted by Crippen LogP contribution is -2.48. The molecule has 0 saturated heterocycles. The van der Waals surface area contributed by atoms with E-state index in [9.17, 15) is 9.90 Å². The Balaban J connectivity index is 1.86. The zero-order valence-corrected chi connectivity index (χ0v) is 12.8. The van der Waals surface area contributed by atoms with Gasteiger partial charge in [0.2, 0.25) is 0 Å². The third-order valence-electron chi connectivity index (χ3n) is 3.73. The van der Waals surface area contributed by atoms with Crippen LogP contribution in [0.15, 0.2) is 18.2 Å². The summed E-state index contributed by atoms with van der Waals surface area (Å²) in [7, 11) is 1.56. The fourth-order valence-electron chi connectivity index (χ4n) is 2.54. The predicted molar refractivity (Wildman–Crippen MR) is 81.6 cm³/mol. The van der Waals surface area contributed by atoms with Gasteiger partial charge in [-0.1, -0.05) is 30.5 Å². The maximum absolute atomic E-state index is 11.9. The number of hydrogen-bond acceptors (Lipinski definition) is 3. The number of methoxy groups -OCH3 is 1. The number of aliphatic hydroxyl groups is 1. The molecule has 5 nitrogen and oxygen atoms in total. The average molecular weight is 313 g/mol. The van der Waals surface area contributed by atoms with Crippen molar-refractivity contribution < 1.29 is 14.6 Å². The molecule has 2 unspecified atom stereocenters. The minimum atomic E-state index is -0.449. The number of halogens is 1. The van der Waals surface area contributed by atoms with Crippen molar-refractivity contribution in [2.45, 2.75) is 44.4 Å². The van der Waals surface area contributed by atoms with Crippen molar-refractivity contribution in [3.05, 3.63) is 28.8 Å². The topological polar surface area (TPSA) is 70.6 Å². The van der Waals surface area contributed by atoms with Crippen molar-refractivity contribution in [3.8, 4) is 5.75 Å². The number of hydrogen-bond donors (Lipinski definition) is 3. The maximum atomic E-state index is 11.9. The van der Waals surface area contributed by atoms with Crippen LogP contribution < -0.4 is 15.4 Å². The van der Waals surface area contributed by atoms with E-state index < -0.39 is 6.10 Å². The summed E-state index contributed by atoms with van der Waals surface area (Å²) in [6.45, 7) is 0.342. The van der Waals surface area contributed by atoms with Gasteiger partial charge >= 0.3 is 6.03 Å². The number of carbonyl (C=O) groups excluding carboxylic acids is 1. The zero-order valence-electron chi connectivity index (χ0n) is 12.1. The molecule has 3 N–H and O–H groups in total. The van der Waals surface area contributed by atoms with Crippen LogP contribution in [0.2, 0.25) is 5.02 Å². The zero-order chi connectivity index (χ0) is 15.2. The molecule has 6 heteroatoms. The molecule has 1 aliphatic carbocycles. The van der Waals surface area contributed by atoms with Crippen molar-refractivity contribution in [2.75, 3.05) is 7.11 Å². The summed E-state index contributed by atoms with van der Waals surface area (Å²) in [5, 5.41) is 16.0. The lowest BCUT2D eigenvalue weighted by Gasteiger charge is -2.28. The first-order valence-corrected chi connectivity index (χ1v) is 7.53. The van der Waals surface area contributed by atoms with E-state index in [1.165, 1.54) is 0 Å². The number of nitrogens with one attached hydrogen (secondary N) is 2. The lowest BCUT2D eigenvalue weighted by molar-refractivity contribution is 0.0943. The summed E-state index contributed by atoms with van der Waals surface area (Å²) in [6, 6.07) is 4.84. The van der Waals surface area contributed by atoms with E-state index >= 15 is 0 Å². The van der Waals surface area contributed by atoms with Crippen molar-refractivity contribution in [1.29, 1.82) is 0 Å². The Morgan fingerprint density at radius 1 is 1.43 bits per heavy atom. The van der Waals surface area contributed by atoms with Crippen LogP contribution in [0.4, 0.5) is 4.79 Å². The second-order valence-electron chi connectivity index (χ2n) is 5.24. The molecule has 1 aromatic carbocycles. The van der Waals surface area contributed by atoms with Gasteiger partial charge in [0.15, 0.2) is 0 Å². The molecule has 1 fully saturated rings. The summed E-state index contributed by atoms with van der Waals surface area (Å²) in [4.78, 5) is 11.9. The van der Waals surface area contributed by atoms with E-state index in [0.717, 1.165) is 31.2 Å². The number of benzene rings is 1. The Hall–Kier alpha value is -1.46. The van der Waals surface area contributed by atoms with Crippen LogP contribution in [0.5, 0.6) is 5.75 Å². The molecular weight excluding hydrogens is 292 g/mol. The van der Waals surface area contributed by atoms with Gasteiger partial charge in [0.1, 0.15) is 5.75 Å². The van der Waals surface area contributed by atoms with Gasteiger partial charge in [-0.15, -0.1) is 0 Å². The third-order valence-corrected chi connectivity index (χ3v) is 3.97. The Bertz CT molecular complexity index is 496. The van der Waals surface area contributed by atoms with E-state index in [4.69, 9.17) is 16.3 Å². The molecule has 0 radical (unpaired) electrons. The summed E-state index contributed by atoms with van der Waals surface area (Å²) < 4.78 is 5.23. The van der Waals surface area contributed by atoms with Gasteiger partial charge in [-0.2, -0.15) is 0 Å². The lowest BCUT2D eigenvalue weighted by atomic mass is 9.93. The van der Waals surface area contributed by atoms with E-state index in [-0.39, 0.29) is 12.1 Å². The Labute approximate surface area is 129 Å². The molecule has 0 heterocycles. The van der Waals surface area contributed by atoms with E-state index in [1.54, 1.807) is 19.2 Å². The first kappa shape index (κ1) is 15.9. The van der Waals surface area contributed by atoms with Gasteiger partial charge < -0.3 is 20.5 Å². The van der Waals surface area contributed by atoms with Crippen molar-refractivity contribution >= 4 is 17.6 Å². The molecule has 21 heavy (non-hydrogen) atoms. The second kappa shape index (κ2) is 7.52. The van der Waals surface area contributed by atoms with Gasteiger partial charge in [0.25, 0.3) is 0 Å². The highest BCUT2D eigenvalue weighted by Crippen LogP contribution is 2.23. The van der Waals surface area contributed by atoms with Gasteiger partial charge in [0, 0.05) is 17.1 Å². The summed E-state index contributed by atoms with van der Waals surface area (Å²) >= 11 is 5.90. The minimum absolute atomic E-state index is 0.161. The Morgan fingerprint density at radius 3 is 2.90 bits per heavy atom. The number of aliphatic hydroxyl groups excluding tert-OH is 1. The fourth-order valence-corrected chi connectivity index (χ4v) is 2.70. The quantitative estimate of drug-likeness (QED) is 0.800. The molecular formula is C15H21ClN2O3. The Morgan fingerprint density at radius 2 is 2.19 bits per heavy atom. The standard InChI is InChI=1S/C15H21ClN2O3/c1-21-14-8-11(16)7-6-10(14)9-17-15(20)18-12-4-2-3-5-13(12)19/h6-8,12-13,19H,2-5,9H2,1H3,(H2,17,18,20). The molecule has 1 saturated carbocycles. The van der Waals surface area contributed by atoms with E-state index in [0.29, 0.717) is 17.3 Å². The highest BCUT2D eigenvalue weighted by molar-refractivity contribution is 6.30. The fraction of sp³-hybridized carbons (Fsp3) is 0.533. The molecule has 1 aliphatic rings. The highest BCUT2D eigenvalue weighted by atomic mass is 35.5. The van der Waals surface area contributed by atoms with Gasteiger partial charge in [0.05, 0.1) is 19.3 Å². The van der Waals surface area contributed by atoms with Gasteiger partial charge in [-0.25, -0.2) is 4.79 Å². The van der Waals surface area contributed by atoms with E-state index in [1.807, 2.05) is 6.07 Å². The molecule has 2 amide bonds. The molecule has 0 bridgehead atoms. The molecule has 1 aromatic rings. The Kier molecular flexibility index (Phi) is 5.70. The third kappa shape index (κ3) is 4.51. The first-order chi connectivity index (χ1) is 10.1. The second-order valence-corrected chi connectivity index (χ2v) is 5.68. The molecule has 0 aliphatic heterocycles. The number of carbonyl (C=O) groups is 1. The van der Waals surface area contributed by atoms with Crippen molar-refractivity contribution in [3.63, 3.8) is 0 Å². The van der Waals surface area contributed by atoms with Crippen LogP contribution in [-0.2, 0) is 6.54 Å². The minimum Gasteiger partial charge on any atom is -0.496 e. The number of amides is 2. The van der Waals surface area contributed by atoms with Gasteiger partial charge in [-0.05, 0) is 25.0 Å². The van der Waals surface area contributed by atoms with E-state index in [2.05, 4.69) is 10.6 Å². The van der Waals surface area contributed by atoms with Crippen molar-refractivity contribution in [2.24, 2.45) is 0 Å². The smallest absolute Gasteiger partial charge is 0.315 e. The normalized spacial score (nSPS) is 21.7. The van der Waals surface area contributed by atoms with Crippen molar-refractivity contribution in [1.82, 2.24) is 10.6 Å². The average Bonchev–Trinajstić information content (AvgIpc) is 2.48. The van der Waals surface area contributed by atoms with Crippen LogP contribution in [0.25, 0.3) is 0 Å². The number of ether oxygens (including phenoxy) is 1. The molecule has 0 spiro atoms. The number of rotatable bonds is 4. The molecule has 116 valence electrons. The van der Waals surface area contributed by atoms with Crippen LogP contribution in [0.1, 0.15) is 31.2 Å². The van der Waals surface area contributed by atoms with Crippen LogP contribution in [0.3, 0.4) is 0 Å². The summed E-state index contributed by atoms with van der Waals surface area (Å²) in [6.07, 6.45) is 3.17. The summed E-state index contributed by atoms with van der Waals surface area (Å²) in [5.74, 6) is 0.639. The predicted octanol–water partition coefficient (Wildman–Crippen LogP) is 2.45. The molecule has 0 aromatic heterocycles. The molecule has 2 atom stereocenters. The highest BCUT2D eigenvalue weighted by Gasteiger charge is 2.24. The molecule has 2 rings (SSSR count). The number of urea groups is 1. The van der Waals surface area contributed by atoms with Crippen LogP contribution in [-0.4, -0.2) is 30.4 Å². The van der Waals surface area contributed by atoms with Gasteiger partial charge in [-0.3, -0.25) is 0 Å². The van der Waals surface area contributed by atoms with Crippen LogP contribution in [0, 0.1) is 0 Å². The first-order valence-electron chi connectivity index (χ1n) is 7.15. The maximum Gasteiger partial charge on any atom is 0.315 e. The SMILES string of the molecule is COc1cc(Cl)ccc1CNC(=O)NC1CCCCC1O.